The van der Waals surface area contributed by atoms with Gasteiger partial charge in [-0.2, -0.15) is 0 Å². The van der Waals surface area contributed by atoms with Gasteiger partial charge >= 0.3 is 0 Å². The third-order valence-electron chi connectivity index (χ3n) is 5.95. The first-order chi connectivity index (χ1) is 15.5. The fourth-order valence-corrected chi connectivity index (χ4v) is 4.38. The monoisotopic (exact) mass is 467 g/mol. The van der Waals surface area contributed by atoms with Gasteiger partial charge < -0.3 is 35.3 Å². The molecule has 0 heterocycles. The number of hydrogen-bond acceptors (Lipinski definition) is 10. The highest BCUT2D eigenvalue weighted by Crippen LogP contribution is 2.45. The quantitative estimate of drug-likeness (QED) is 0.154. The Morgan fingerprint density at radius 1 is 1.06 bits per heavy atom. The number of aliphatic hydroxyl groups is 2. The predicted molar refractivity (Wildman–Crippen MR) is 111 cm³/mol. The number of non-ortho nitro benzene ring substituents is 1. The number of nitro benzene ring substituents is 1. The summed E-state index contributed by atoms with van der Waals surface area (Å²) < 4.78 is 0. The van der Waals surface area contributed by atoms with Crippen molar-refractivity contribution in [1.82, 2.24) is 10.2 Å². The molecule has 0 atom stereocenters. The molecule has 1 rings (SSSR count). The Hall–Kier alpha value is -3.09. The van der Waals surface area contributed by atoms with Gasteiger partial charge in [0.15, 0.2) is 0 Å². The van der Waals surface area contributed by atoms with Crippen LogP contribution in [-0.2, 0) is 26.3 Å². The molecule has 0 aliphatic carbocycles. The van der Waals surface area contributed by atoms with E-state index in [4.69, 9.17) is 0 Å². The third-order valence-corrected chi connectivity index (χ3v) is 5.95. The van der Waals surface area contributed by atoms with Gasteiger partial charge in [0.1, 0.15) is 5.54 Å². The lowest BCUT2D eigenvalue weighted by atomic mass is 9.60. The maximum Gasteiger partial charge on any atom is 0.269 e. The van der Waals surface area contributed by atoms with E-state index in [0.29, 0.717) is 5.56 Å². The summed E-state index contributed by atoms with van der Waals surface area (Å²) in [4.78, 5) is 49.0. The van der Waals surface area contributed by atoms with Crippen LogP contribution in [0.4, 0.5) is 5.69 Å². The van der Waals surface area contributed by atoms with Gasteiger partial charge in [-0.25, -0.2) is 0 Å². The molecule has 0 saturated carbocycles. The highest BCUT2D eigenvalue weighted by atomic mass is 16.6. The van der Waals surface area contributed by atoms with Gasteiger partial charge in [0.25, 0.3) is 5.69 Å². The minimum atomic E-state index is -3.04. The Labute approximate surface area is 191 Å². The number of carbonyl (C=O) groups is 3. The van der Waals surface area contributed by atoms with Crippen LogP contribution < -0.4 is 15.5 Å². The number of rotatable bonds is 14. The zero-order chi connectivity index (χ0) is 25.4. The number of nitrogens with one attached hydrogen (secondary N) is 1. The van der Waals surface area contributed by atoms with Gasteiger partial charge in [0.05, 0.1) is 30.1 Å². The van der Waals surface area contributed by atoms with E-state index in [0.717, 1.165) is 13.0 Å². The predicted octanol–water partition coefficient (Wildman–Crippen LogP) is -2.19. The molecule has 12 heteroatoms. The van der Waals surface area contributed by atoms with Crippen LogP contribution in [-0.4, -0.2) is 69.7 Å². The summed E-state index contributed by atoms with van der Waals surface area (Å²) in [6.45, 7) is 3.66. The Bertz CT molecular complexity index is 864. The van der Waals surface area contributed by atoms with E-state index in [1.165, 1.54) is 26.0 Å². The molecule has 0 aromatic heterocycles. The van der Waals surface area contributed by atoms with Crippen LogP contribution in [0, 0.1) is 10.1 Å². The van der Waals surface area contributed by atoms with Crippen molar-refractivity contribution in [3.05, 3.63) is 39.4 Å². The van der Waals surface area contributed by atoms with Crippen LogP contribution in [0.15, 0.2) is 18.2 Å². The van der Waals surface area contributed by atoms with Crippen molar-refractivity contribution >= 4 is 23.5 Å². The number of aliphatic carboxylic acids is 2. The van der Waals surface area contributed by atoms with Crippen molar-refractivity contribution in [1.29, 1.82) is 0 Å². The van der Waals surface area contributed by atoms with Crippen LogP contribution in [0.2, 0.25) is 0 Å². The van der Waals surface area contributed by atoms with E-state index in [1.807, 2.05) is 5.32 Å². The van der Waals surface area contributed by atoms with Gasteiger partial charge in [0.2, 0.25) is 5.91 Å². The van der Waals surface area contributed by atoms with Crippen LogP contribution in [0.3, 0.4) is 0 Å². The number of hydrogen-bond donors (Lipinski definition) is 3. The smallest absolute Gasteiger partial charge is 0.269 e. The molecule has 0 aliphatic rings. The van der Waals surface area contributed by atoms with Crippen molar-refractivity contribution in [3.63, 3.8) is 0 Å². The molecule has 0 spiro atoms. The summed E-state index contributed by atoms with van der Waals surface area (Å²) in [6.07, 6.45) is -0.334. The highest BCUT2D eigenvalue weighted by molar-refractivity contribution is 6.06. The first-order valence-electron chi connectivity index (χ1n) is 10.4. The van der Waals surface area contributed by atoms with Crippen molar-refractivity contribution in [2.45, 2.75) is 51.1 Å². The molecule has 1 aromatic rings. The van der Waals surface area contributed by atoms with Crippen LogP contribution in [0.1, 0.15) is 44.7 Å². The Morgan fingerprint density at radius 3 is 1.94 bits per heavy atom. The molecule has 0 radical (unpaired) electrons. The van der Waals surface area contributed by atoms with Crippen LogP contribution in [0.25, 0.3) is 0 Å². The number of amides is 1. The first-order valence-corrected chi connectivity index (χ1v) is 10.4. The summed E-state index contributed by atoms with van der Waals surface area (Å²) >= 11 is 0. The highest BCUT2D eigenvalue weighted by Gasteiger charge is 2.54. The minimum absolute atomic E-state index is 0.00438. The minimum Gasteiger partial charge on any atom is -0.547 e. The van der Waals surface area contributed by atoms with E-state index >= 15 is 0 Å². The molecule has 12 nitrogen and oxygen atoms in total. The SMILES string of the molecule is CCC(CC)(c1cc([N+](=O)[O-])ccc1CN(CCO)CCO)C(NC(C)=O)(C(=O)[O-])C(=O)[O-]. The Balaban J connectivity index is 4.03. The average Bonchev–Trinajstić information content (AvgIpc) is 2.74. The van der Waals surface area contributed by atoms with Gasteiger partial charge in [-0.15, -0.1) is 0 Å². The number of carboxylic acid groups (broad SMARTS) is 2. The second-order valence-corrected chi connectivity index (χ2v) is 7.62. The largest absolute Gasteiger partial charge is 0.547 e. The molecule has 33 heavy (non-hydrogen) atoms. The fraction of sp³-hybridized carbons (Fsp3) is 0.571. The summed E-state index contributed by atoms with van der Waals surface area (Å²) in [5.41, 5.74) is -5.02. The number of carboxylic acids is 2. The van der Waals surface area contributed by atoms with Gasteiger partial charge in [-0.3, -0.25) is 19.8 Å². The summed E-state index contributed by atoms with van der Waals surface area (Å²) in [7, 11) is 0. The average molecular weight is 467 g/mol. The third kappa shape index (κ3) is 5.46. The maximum absolute atomic E-state index is 12.3. The molecule has 1 amide bonds. The topological polar surface area (TPSA) is 196 Å². The van der Waals surface area contributed by atoms with Crippen LogP contribution >= 0.6 is 0 Å². The molecule has 1 aromatic carbocycles. The van der Waals surface area contributed by atoms with E-state index in [9.17, 15) is 44.9 Å². The lowest BCUT2D eigenvalue weighted by Crippen LogP contribution is -2.77. The number of carbonyl (C=O) groups excluding carboxylic acids is 3. The van der Waals surface area contributed by atoms with Crippen molar-refractivity contribution in [3.8, 4) is 0 Å². The van der Waals surface area contributed by atoms with Gasteiger partial charge in [-0.05, 0) is 24.0 Å². The maximum atomic E-state index is 12.3. The summed E-state index contributed by atoms with van der Waals surface area (Å²) in [5.74, 6) is -5.22. The van der Waals surface area contributed by atoms with Crippen molar-refractivity contribution < 1.29 is 39.7 Å². The number of aliphatic hydroxyl groups excluding tert-OH is 2. The molecule has 0 bridgehead atoms. The molecule has 0 unspecified atom stereocenters. The van der Waals surface area contributed by atoms with Crippen molar-refractivity contribution in [2.75, 3.05) is 26.3 Å². The second kappa shape index (κ2) is 11.7. The molecule has 3 N–H and O–H groups in total. The van der Waals surface area contributed by atoms with Gasteiger partial charge in [-0.1, -0.05) is 19.9 Å². The second-order valence-electron chi connectivity index (χ2n) is 7.62. The van der Waals surface area contributed by atoms with Crippen LogP contribution in [0.5, 0.6) is 0 Å². The fourth-order valence-electron chi connectivity index (χ4n) is 4.38. The Kier molecular flexibility index (Phi) is 9.89. The molecule has 0 saturated heterocycles. The number of nitrogens with zero attached hydrogens (tertiary/aromatic N) is 2. The van der Waals surface area contributed by atoms with Gasteiger partial charge in [0, 0.05) is 44.1 Å². The lowest BCUT2D eigenvalue weighted by molar-refractivity contribution is -0.385. The first kappa shape index (κ1) is 27.9. The molecule has 0 aliphatic heterocycles. The van der Waals surface area contributed by atoms with E-state index in [2.05, 4.69) is 0 Å². The standard InChI is InChI=1S/C21H31N3O9/c1-4-20(5-2,21(18(28)29,19(30)31)22-14(3)27)17-12-16(24(32)33)7-6-15(17)13-23(8-10-25)9-11-26/h6-7,12,25-26H,4-5,8-11,13H2,1-3H3,(H,22,27)(H,28,29)(H,30,31)/p-2. The molecular formula is C21H29N3O9-2. The van der Waals surface area contributed by atoms with E-state index in [1.54, 1.807) is 4.90 Å². The summed E-state index contributed by atoms with van der Waals surface area (Å²) in [6, 6.07) is 3.63. The Morgan fingerprint density at radius 2 is 1.58 bits per heavy atom. The van der Waals surface area contributed by atoms with E-state index < -0.39 is 39.4 Å². The molecule has 0 fully saturated rings. The molecule has 184 valence electrons. The number of benzene rings is 1. The normalized spacial score (nSPS) is 11.9. The van der Waals surface area contributed by atoms with Crippen molar-refractivity contribution in [2.24, 2.45) is 0 Å². The lowest BCUT2D eigenvalue weighted by Gasteiger charge is -2.52. The zero-order valence-electron chi connectivity index (χ0n) is 18.8. The number of nitro groups is 1. The summed E-state index contributed by atoms with van der Waals surface area (Å²) in [5, 5.41) is 56.8. The zero-order valence-corrected chi connectivity index (χ0v) is 18.8. The molecular weight excluding hydrogens is 438 g/mol. The van der Waals surface area contributed by atoms with E-state index in [-0.39, 0.29) is 51.3 Å².